The van der Waals surface area contributed by atoms with Gasteiger partial charge < -0.3 is 4.98 Å². The Morgan fingerprint density at radius 1 is 1.50 bits per heavy atom. The molecule has 5 rings (SSSR count). The Morgan fingerprint density at radius 2 is 2.35 bits per heavy atom. The van der Waals surface area contributed by atoms with Crippen molar-refractivity contribution in [1.82, 2.24) is 14.8 Å². The molecule has 3 aliphatic rings. The fourth-order valence-electron chi connectivity index (χ4n) is 2.94. The summed E-state index contributed by atoms with van der Waals surface area (Å²) < 4.78 is 2.06. The third-order valence-electron chi connectivity index (χ3n) is 4.37. The summed E-state index contributed by atoms with van der Waals surface area (Å²) in [5.41, 5.74) is 4.91. The Kier molecular flexibility index (Phi) is 2.46. The molecule has 1 N–H and O–H groups in total. The van der Waals surface area contributed by atoms with E-state index in [1.165, 1.54) is 21.9 Å². The summed E-state index contributed by atoms with van der Waals surface area (Å²) in [6.07, 6.45) is 10.5. The first kappa shape index (κ1) is 11.7. The van der Waals surface area contributed by atoms with Gasteiger partial charge in [0, 0.05) is 29.2 Å². The van der Waals surface area contributed by atoms with E-state index in [0.29, 0.717) is 12.1 Å². The summed E-state index contributed by atoms with van der Waals surface area (Å²) in [5.74, 6) is 0. The number of hydrogen-bond acceptors (Lipinski definition) is 2. The minimum Gasteiger partial charge on any atom is -0.346 e. The van der Waals surface area contributed by atoms with Gasteiger partial charge in [0.2, 0.25) is 0 Å². The van der Waals surface area contributed by atoms with Crippen LogP contribution in [-0.2, 0) is 0 Å². The molecule has 4 nitrogen and oxygen atoms in total. The summed E-state index contributed by atoms with van der Waals surface area (Å²) in [6.45, 7) is 4.39. The fraction of sp³-hybridized carbons (Fsp3) is 0.375. The van der Waals surface area contributed by atoms with E-state index in [4.69, 9.17) is 4.99 Å². The number of aromatic nitrogens is 3. The second kappa shape index (κ2) is 4.20. The summed E-state index contributed by atoms with van der Waals surface area (Å²) >= 11 is 0. The lowest BCUT2D eigenvalue weighted by Crippen LogP contribution is -2.24. The van der Waals surface area contributed by atoms with Crippen molar-refractivity contribution in [2.75, 3.05) is 0 Å². The smallest absolute Gasteiger partial charge is 0.133 e. The van der Waals surface area contributed by atoms with E-state index in [0.717, 1.165) is 18.3 Å². The number of nitrogens with zero attached hydrogens (tertiary/aromatic N) is 3. The van der Waals surface area contributed by atoms with E-state index < -0.39 is 0 Å². The van der Waals surface area contributed by atoms with Crippen LogP contribution in [-0.4, -0.2) is 20.8 Å². The van der Waals surface area contributed by atoms with E-state index in [1.54, 1.807) is 0 Å². The van der Waals surface area contributed by atoms with Crippen molar-refractivity contribution in [1.29, 1.82) is 0 Å². The largest absolute Gasteiger partial charge is 0.346 e. The lowest BCUT2D eigenvalue weighted by atomic mass is 9.85. The molecule has 2 bridgehead atoms. The van der Waals surface area contributed by atoms with Crippen molar-refractivity contribution >= 4 is 5.57 Å². The first-order valence-electron chi connectivity index (χ1n) is 7.27. The Morgan fingerprint density at radius 3 is 3.15 bits per heavy atom. The Hall–Kier alpha value is -2.10. The van der Waals surface area contributed by atoms with Gasteiger partial charge in [-0.05, 0) is 37.0 Å². The number of aromatic amines is 1. The Labute approximate surface area is 117 Å². The van der Waals surface area contributed by atoms with Crippen molar-refractivity contribution in [3.8, 4) is 0 Å². The SMILES string of the molecule is CCC(C)n1cc(C2=c3cc[nH]c3=NC3C=C2C3)cn1. The number of H-pyrrole nitrogens is 1. The highest BCUT2D eigenvalue weighted by atomic mass is 15.3. The number of rotatable bonds is 3. The fourth-order valence-corrected chi connectivity index (χ4v) is 2.94. The maximum Gasteiger partial charge on any atom is 0.133 e. The molecule has 0 radical (unpaired) electrons. The highest BCUT2D eigenvalue weighted by molar-refractivity contribution is 5.80. The van der Waals surface area contributed by atoms with Gasteiger partial charge in [0.25, 0.3) is 0 Å². The molecule has 4 heteroatoms. The van der Waals surface area contributed by atoms with Crippen molar-refractivity contribution in [2.45, 2.75) is 38.8 Å². The van der Waals surface area contributed by atoms with Crippen LogP contribution < -0.4 is 10.7 Å². The zero-order valence-corrected chi connectivity index (χ0v) is 11.8. The van der Waals surface area contributed by atoms with Crippen LogP contribution in [0.25, 0.3) is 5.57 Å². The van der Waals surface area contributed by atoms with Gasteiger partial charge in [-0.2, -0.15) is 5.10 Å². The Bertz CT molecular complexity index is 806. The molecule has 0 spiro atoms. The molecule has 2 atom stereocenters. The molecule has 102 valence electrons. The van der Waals surface area contributed by atoms with Gasteiger partial charge in [-0.1, -0.05) is 13.0 Å². The van der Waals surface area contributed by atoms with Crippen LogP contribution in [0.3, 0.4) is 0 Å². The predicted octanol–water partition coefficient (Wildman–Crippen LogP) is 1.71. The minimum absolute atomic E-state index is 0.351. The molecule has 2 unspecified atom stereocenters. The molecule has 0 fully saturated rings. The lowest BCUT2D eigenvalue weighted by Gasteiger charge is -2.21. The van der Waals surface area contributed by atoms with Crippen LogP contribution >= 0.6 is 0 Å². The molecule has 2 aromatic rings. The third kappa shape index (κ3) is 1.60. The van der Waals surface area contributed by atoms with Gasteiger partial charge >= 0.3 is 0 Å². The van der Waals surface area contributed by atoms with E-state index in [9.17, 15) is 0 Å². The lowest BCUT2D eigenvalue weighted by molar-refractivity contribution is 0.478. The first-order valence-corrected chi connectivity index (χ1v) is 7.27. The van der Waals surface area contributed by atoms with Crippen LogP contribution in [0.2, 0.25) is 0 Å². The molecule has 1 aliphatic carbocycles. The molecule has 2 aliphatic heterocycles. The van der Waals surface area contributed by atoms with E-state index in [2.05, 4.69) is 47.0 Å². The average molecular weight is 266 g/mol. The van der Waals surface area contributed by atoms with Gasteiger partial charge in [0.05, 0.1) is 12.2 Å². The summed E-state index contributed by atoms with van der Waals surface area (Å²) in [6, 6.07) is 2.91. The monoisotopic (exact) mass is 266 g/mol. The third-order valence-corrected chi connectivity index (χ3v) is 4.37. The van der Waals surface area contributed by atoms with E-state index in [-0.39, 0.29) is 0 Å². The highest BCUT2D eigenvalue weighted by Gasteiger charge is 2.26. The molecule has 4 heterocycles. The average Bonchev–Trinajstić information content (AvgIpc) is 3.02. The highest BCUT2D eigenvalue weighted by Crippen LogP contribution is 2.33. The molecule has 0 saturated carbocycles. The van der Waals surface area contributed by atoms with Gasteiger partial charge in [-0.3, -0.25) is 9.67 Å². The molecular weight excluding hydrogens is 248 g/mol. The van der Waals surface area contributed by atoms with Crippen molar-refractivity contribution < 1.29 is 0 Å². The first-order chi connectivity index (χ1) is 9.76. The van der Waals surface area contributed by atoms with Crippen LogP contribution in [0.1, 0.15) is 38.3 Å². The maximum absolute atomic E-state index is 4.72. The van der Waals surface area contributed by atoms with Crippen molar-refractivity contribution in [3.05, 3.63) is 52.6 Å². The normalized spacial score (nSPS) is 21.4. The summed E-state index contributed by atoms with van der Waals surface area (Å²) in [5, 5.41) is 5.74. The van der Waals surface area contributed by atoms with E-state index >= 15 is 0 Å². The quantitative estimate of drug-likeness (QED) is 0.903. The minimum atomic E-state index is 0.351. The van der Waals surface area contributed by atoms with Crippen molar-refractivity contribution in [2.24, 2.45) is 4.99 Å². The second-order valence-electron chi connectivity index (χ2n) is 5.67. The zero-order chi connectivity index (χ0) is 13.7. The molecule has 0 amide bonds. The molecule has 20 heavy (non-hydrogen) atoms. The van der Waals surface area contributed by atoms with Gasteiger partial charge in [0.1, 0.15) is 5.49 Å². The second-order valence-corrected chi connectivity index (χ2v) is 5.67. The van der Waals surface area contributed by atoms with Crippen LogP contribution in [0.15, 0.2) is 41.3 Å². The van der Waals surface area contributed by atoms with Gasteiger partial charge in [-0.25, -0.2) is 0 Å². The van der Waals surface area contributed by atoms with Gasteiger partial charge in [-0.15, -0.1) is 0 Å². The molecule has 0 aromatic carbocycles. The van der Waals surface area contributed by atoms with E-state index in [1.807, 2.05) is 12.4 Å². The zero-order valence-electron chi connectivity index (χ0n) is 11.8. The van der Waals surface area contributed by atoms with Crippen LogP contribution in [0.4, 0.5) is 0 Å². The number of hydrogen-bond donors (Lipinski definition) is 1. The molecule has 2 aromatic heterocycles. The molecule has 0 saturated heterocycles. The maximum atomic E-state index is 4.72. The summed E-state index contributed by atoms with van der Waals surface area (Å²) in [4.78, 5) is 7.97. The number of nitrogens with one attached hydrogen (secondary N) is 1. The van der Waals surface area contributed by atoms with Crippen LogP contribution in [0.5, 0.6) is 0 Å². The van der Waals surface area contributed by atoms with Crippen LogP contribution in [0, 0.1) is 0 Å². The van der Waals surface area contributed by atoms with Crippen molar-refractivity contribution in [3.63, 3.8) is 0 Å². The van der Waals surface area contributed by atoms with Gasteiger partial charge in [0.15, 0.2) is 0 Å². The standard InChI is InChI=1S/C16H18N4/c1-3-10(2)20-9-12(8-18-20)15-11-6-13(7-11)19-16-14(15)4-5-17-16/h4-6,8-10,13H,3,7H2,1-2H3,(H,17,19). The molecular formula is C16H18N4. The Balaban J connectivity index is 1.91. The predicted molar refractivity (Wildman–Crippen MR) is 77.8 cm³/mol. The summed E-state index contributed by atoms with van der Waals surface area (Å²) in [7, 11) is 0. The topological polar surface area (TPSA) is 46.0 Å².